The lowest BCUT2D eigenvalue weighted by molar-refractivity contribution is 0.0716. The van der Waals surface area contributed by atoms with Gasteiger partial charge in [-0.25, -0.2) is 0 Å². The van der Waals surface area contributed by atoms with Crippen LogP contribution in [0.5, 0.6) is 11.5 Å². The lowest BCUT2D eigenvalue weighted by Gasteiger charge is -2.23. The summed E-state index contributed by atoms with van der Waals surface area (Å²) in [4.78, 5) is 12.2. The summed E-state index contributed by atoms with van der Waals surface area (Å²) in [6, 6.07) is 14.6. The lowest BCUT2D eigenvalue weighted by Crippen LogP contribution is -2.21. The van der Waals surface area contributed by atoms with E-state index in [4.69, 9.17) is 13.9 Å². The zero-order valence-electron chi connectivity index (χ0n) is 13.4. The topological polar surface area (TPSA) is 86.5 Å². The van der Waals surface area contributed by atoms with Crippen molar-refractivity contribution in [3.8, 4) is 11.5 Å². The van der Waals surface area contributed by atoms with Crippen molar-refractivity contribution in [1.29, 1.82) is 0 Å². The van der Waals surface area contributed by atoms with Crippen LogP contribution in [0.4, 0.5) is 6.01 Å². The third kappa shape index (κ3) is 3.16. The second-order valence-electron chi connectivity index (χ2n) is 5.63. The van der Waals surface area contributed by atoms with Crippen LogP contribution in [0.25, 0.3) is 0 Å². The minimum Gasteiger partial charge on any atom is -0.485 e. The van der Waals surface area contributed by atoms with Gasteiger partial charge in [0.15, 0.2) is 11.5 Å². The van der Waals surface area contributed by atoms with Crippen LogP contribution in [0, 0.1) is 6.92 Å². The fourth-order valence-corrected chi connectivity index (χ4v) is 2.43. The number of carbonyl (C=O) groups excluding carboxylic acids is 1. The molecule has 25 heavy (non-hydrogen) atoms. The molecule has 0 spiro atoms. The fourth-order valence-electron chi connectivity index (χ4n) is 2.43. The van der Waals surface area contributed by atoms with Gasteiger partial charge in [-0.15, -0.1) is 5.10 Å². The van der Waals surface area contributed by atoms with Crippen LogP contribution < -0.4 is 14.8 Å². The van der Waals surface area contributed by atoms with Crippen molar-refractivity contribution in [1.82, 2.24) is 10.2 Å². The third-order valence-electron chi connectivity index (χ3n) is 3.76. The highest BCUT2D eigenvalue weighted by molar-refractivity contribution is 6.03. The van der Waals surface area contributed by atoms with Gasteiger partial charge in [-0.05, 0) is 31.2 Å². The number of hydrogen-bond acceptors (Lipinski definition) is 6. The van der Waals surface area contributed by atoms with Gasteiger partial charge in [0.2, 0.25) is 6.10 Å². The molecule has 7 nitrogen and oxygen atoms in total. The molecule has 126 valence electrons. The molecule has 0 radical (unpaired) electrons. The molecule has 0 fully saturated rings. The number of aromatic nitrogens is 2. The predicted octanol–water partition coefficient (Wildman–Crippen LogP) is 3.14. The van der Waals surface area contributed by atoms with Crippen molar-refractivity contribution >= 4 is 11.9 Å². The summed E-state index contributed by atoms with van der Waals surface area (Å²) in [7, 11) is 0. The highest BCUT2D eigenvalue weighted by Gasteiger charge is 2.27. The molecule has 1 aliphatic rings. The molecule has 0 aliphatic carbocycles. The Morgan fingerprint density at radius 1 is 1.08 bits per heavy atom. The van der Waals surface area contributed by atoms with Gasteiger partial charge < -0.3 is 13.9 Å². The molecule has 0 unspecified atom stereocenters. The van der Waals surface area contributed by atoms with Gasteiger partial charge in [0.25, 0.3) is 11.8 Å². The number of nitrogens with zero attached hydrogens (tertiary/aromatic N) is 2. The number of rotatable bonds is 3. The predicted molar refractivity (Wildman–Crippen MR) is 88.7 cm³/mol. The number of hydrogen-bond donors (Lipinski definition) is 1. The maximum Gasteiger partial charge on any atom is 0.322 e. The minimum atomic E-state index is -0.521. The Morgan fingerprint density at radius 2 is 1.84 bits per heavy atom. The van der Waals surface area contributed by atoms with Gasteiger partial charge in [0.1, 0.15) is 6.61 Å². The summed E-state index contributed by atoms with van der Waals surface area (Å²) >= 11 is 0. The van der Waals surface area contributed by atoms with E-state index >= 15 is 0 Å². The first kappa shape index (κ1) is 15.2. The third-order valence-corrected chi connectivity index (χ3v) is 3.76. The summed E-state index contributed by atoms with van der Waals surface area (Å²) in [6.07, 6.45) is -0.521. The summed E-state index contributed by atoms with van der Waals surface area (Å²) in [5.41, 5.74) is 1.59. The first-order chi connectivity index (χ1) is 12.2. The molecule has 1 aliphatic heterocycles. The number of anilines is 1. The van der Waals surface area contributed by atoms with Crippen LogP contribution in [-0.4, -0.2) is 22.7 Å². The van der Waals surface area contributed by atoms with Crippen molar-refractivity contribution in [3.63, 3.8) is 0 Å². The number of benzene rings is 2. The average molecular weight is 337 g/mol. The van der Waals surface area contributed by atoms with E-state index in [1.54, 1.807) is 18.2 Å². The Labute approximate surface area is 143 Å². The van der Waals surface area contributed by atoms with Crippen molar-refractivity contribution < 1.29 is 18.7 Å². The van der Waals surface area contributed by atoms with Crippen LogP contribution in [0.15, 0.2) is 52.9 Å². The van der Waals surface area contributed by atoms with Gasteiger partial charge in [-0.3, -0.25) is 10.1 Å². The van der Waals surface area contributed by atoms with Gasteiger partial charge in [0.05, 0.1) is 0 Å². The number of aryl methyl sites for hydroxylation is 1. The fraction of sp³-hybridized carbons (Fsp3) is 0.167. The molecule has 1 aromatic heterocycles. The monoisotopic (exact) mass is 337 g/mol. The molecule has 1 atom stereocenters. The van der Waals surface area contributed by atoms with E-state index in [2.05, 4.69) is 15.5 Å². The lowest BCUT2D eigenvalue weighted by atomic mass is 10.1. The number of nitrogens with one attached hydrogen (secondary N) is 1. The molecule has 2 aromatic carbocycles. The Balaban J connectivity index is 1.46. The zero-order valence-corrected chi connectivity index (χ0v) is 13.4. The van der Waals surface area contributed by atoms with Crippen molar-refractivity contribution in [3.05, 3.63) is 65.5 Å². The van der Waals surface area contributed by atoms with E-state index in [0.717, 1.165) is 5.56 Å². The second-order valence-corrected chi connectivity index (χ2v) is 5.63. The van der Waals surface area contributed by atoms with Crippen LogP contribution in [0.3, 0.4) is 0 Å². The highest BCUT2D eigenvalue weighted by Crippen LogP contribution is 2.35. The smallest absolute Gasteiger partial charge is 0.322 e. The quantitative estimate of drug-likeness (QED) is 0.790. The standard InChI is InChI=1S/C18H15N3O4/c1-11-6-8-12(9-7-11)16(22)19-18-21-20-17(25-18)15-10-23-13-4-2-3-5-14(13)24-15/h2-9,15H,10H2,1H3,(H,19,21,22)/t15-/m1/s1. The van der Waals surface area contributed by atoms with Gasteiger partial charge in [-0.2, -0.15) is 0 Å². The molecule has 3 aromatic rings. The SMILES string of the molecule is Cc1ccc(C(=O)Nc2nnc([C@H]3COc4ccccc4O3)o2)cc1. The van der Waals surface area contributed by atoms with E-state index in [1.807, 2.05) is 37.3 Å². The van der Waals surface area contributed by atoms with E-state index in [1.165, 1.54) is 0 Å². The molecule has 0 bridgehead atoms. The Morgan fingerprint density at radius 3 is 2.64 bits per heavy atom. The van der Waals surface area contributed by atoms with E-state index < -0.39 is 6.10 Å². The van der Waals surface area contributed by atoms with Crippen molar-refractivity contribution in [2.45, 2.75) is 13.0 Å². The number of carbonyl (C=O) groups is 1. The van der Waals surface area contributed by atoms with Crippen LogP contribution in [0.1, 0.15) is 27.9 Å². The molecule has 1 amide bonds. The maximum absolute atomic E-state index is 12.2. The molecule has 2 heterocycles. The summed E-state index contributed by atoms with van der Waals surface area (Å²) < 4.78 is 16.9. The van der Waals surface area contributed by atoms with E-state index in [0.29, 0.717) is 17.1 Å². The number of amides is 1. The molecule has 0 saturated carbocycles. The molecular weight excluding hydrogens is 322 g/mol. The van der Waals surface area contributed by atoms with Crippen molar-refractivity contribution in [2.75, 3.05) is 11.9 Å². The van der Waals surface area contributed by atoms with Crippen molar-refractivity contribution in [2.24, 2.45) is 0 Å². The van der Waals surface area contributed by atoms with Crippen LogP contribution >= 0.6 is 0 Å². The van der Waals surface area contributed by atoms with E-state index in [9.17, 15) is 4.79 Å². The Bertz CT molecular complexity index is 905. The normalized spacial score (nSPS) is 15.6. The molecule has 0 saturated heterocycles. The van der Waals surface area contributed by atoms with E-state index in [-0.39, 0.29) is 24.4 Å². The Hall–Kier alpha value is -3.35. The first-order valence-corrected chi connectivity index (χ1v) is 7.79. The number of para-hydroxylation sites is 2. The summed E-state index contributed by atoms with van der Waals surface area (Å²) in [5, 5.41) is 10.4. The largest absolute Gasteiger partial charge is 0.485 e. The minimum absolute atomic E-state index is 0.0167. The summed E-state index contributed by atoms with van der Waals surface area (Å²) in [6.45, 7) is 2.21. The maximum atomic E-state index is 12.2. The highest BCUT2D eigenvalue weighted by atomic mass is 16.6. The van der Waals surface area contributed by atoms with Gasteiger partial charge in [0, 0.05) is 5.56 Å². The second kappa shape index (κ2) is 6.27. The average Bonchev–Trinajstić information content (AvgIpc) is 3.10. The molecular formula is C18H15N3O4. The first-order valence-electron chi connectivity index (χ1n) is 7.79. The molecule has 7 heteroatoms. The molecule has 1 N–H and O–H groups in total. The van der Waals surface area contributed by atoms with Gasteiger partial charge in [-0.1, -0.05) is 34.9 Å². The Kier molecular flexibility index (Phi) is 3.81. The molecule has 4 rings (SSSR count). The number of ether oxygens (including phenoxy) is 2. The summed E-state index contributed by atoms with van der Waals surface area (Å²) in [5.74, 6) is 1.21. The van der Waals surface area contributed by atoms with Crippen LogP contribution in [-0.2, 0) is 0 Å². The zero-order chi connectivity index (χ0) is 17.2. The van der Waals surface area contributed by atoms with Crippen LogP contribution in [0.2, 0.25) is 0 Å². The number of fused-ring (bicyclic) bond motifs is 1. The van der Waals surface area contributed by atoms with Gasteiger partial charge >= 0.3 is 6.01 Å².